The number of hydrogen-bond acceptors (Lipinski definition) is 5. The lowest BCUT2D eigenvalue weighted by molar-refractivity contribution is -0.117. The van der Waals surface area contributed by atoms with Gasteiger partial charge in [0.15, 0.2) is 9.84 Å². The lowest BCUT2D eigenvalue weighted by Gasteiger charge is -2.31. The second-order valence-corrected chi connectivity index (χ2v) is 9.39. The van der Waals surface area contributed by atoms with Gasteiger partial charge in [-0.25, -0.2) is 12.8 Å². The summed E-state index contributed by atoms with van der Waals surface area (Å²) in [6, 6.07) is 11.5. The second-order valence-electron chi connectivity index (χ2n) is 7.38. The normalized spacial score (nSPS) is 15.5. The lowest BCUT2D eigenvalue weighted by atomic mass is 10.0. The Kier molecular flexibility index (Phi) is 6.84. The number of nitrogens with zero attached hydrogens (tertiary/aromatic N) is 1. The molecule has 1 aliphatic rings. The SMILES string of the molecule is CS(=O)(=O)c1ccc(NC(=O)CN2CCC(NC(=O)c3ccc(F)cc3)CC2)cc1. The number of sulfone groups is 1. The molecule has 1 fully saturated rings. The predicted molar refractivity (Wildman–Crippen MR) is 112 cm³/mol. The molecule has 0 bridgehead atoms. The van der Waals surface area contributed by atoms with Crippen LogP contribution in [0.2, 0.25) is 0 Å². The van der Waals surface area contributed by atoms with Crippen LogP contribution in [0.25, 0.3) is 0 Å². The largest absolute Gasteiger partial charge is 0.349 e. The first kappa shape index (κ1) is 21.9. The van der Waals surface area contributed by atoms with E-state index in [-0.39, 0.29) is 35.1 Å². The minimum absolute atomic E-state index is 0.00500. The number of halogens is 1. The Morgan fingerprint density at radius 2 is 1.63 bits per heavy atom. The number of carbonyl (C=O) groups excluding carboxylic acids is 2. The summed E-state index contributed by atoms with van der Waals surface area (Å²) in [7, 11) is -3.27. The van der Waals surface area contributed by atoms with Crippen LogP contribution >= 0.6 is 0 Å². The molecule has 2 amide bonds. The summed E-state index contributed by atoms with van der Waals surface area (Å²) in [6.45, 7) is 1.54. The van der Waals surface area contributed by atoms with Gasteiger partial charge < -0.3 is 10.6 Å². The van der Waals surface area contributed by atoms with E-state index in [9.17, 15) is 22.4 Å². The third kappa shape index (κ3) is 6.11. The minimum Gasteiger partial charge on any atom is -0.349 e. The zero-order valence-corrected chi connectivity index (χ0v) is 17.4. The van der Waals surface area contributed by atoms with Crippen molar-refractivity contribution >= 4 is 27.3 Å². The van der Waals surface area contributed by atoms with E-state index < -0.39 is 9.84 Å². The maximum atomic E-state index is 13.0. The molecule has 0 aromatic heterocycles. The van der Waals surface area contributed by atoms with Crippen LogP contribution in [0, 0.1) is 5.82 Å². The van der Waals surface area contributed by atoms with Gasteiger partial charge in [-0.15, -0.1) is 0 Å². The summed E-state index contributed by atoms with van der Waals surface area (Å²) >= 11 is 0. The van der Waals surface area contributed by atoms with E-state index in [1.54, 1.807) is 12.1 Å². The Morgan fingerprint density at radius 1 is 1.03 bits per heavy atom. The molecule has 0 saturated carbocycles. The van der Waals surface area contributed by atoms with Crippen LogP contribution in [0.4, 0.5) is 10.1 Å². The Hall–Kier alpha value is -2.78. The van der Waals surface area contributed by atoms with E-state index >= 15 is 0 Å². The van der Waals surface area contributed by atoms with Crippen LogP contribution in [0.15, 0.2) is 53.4 Å². The number of anilines is 1. The van der Waals surface area contributed by atoms with Gasteiger partial charge in [-0.05, 0) is 61.4 Å². The highest BCUT2D eigenvalue weighted by Gasteiger charge is 2.22. The van der Waals surface area contributed by atoms with Gasteiger partial charge >= 0.3 is 0 Å². The summed E-state index contributed by atoms with van der Waals surface area (Å²) in [5.41, 5.74) is 0.953. The summed E-state index contributed by atoms with van der Waals surface area (Å²) in [6.07, 6.45) is 2.55. The molecule has 3 rings (SSSR count). The quantitative estimate of drug-likeness (QED) is 0.727. The highest BCUT2D eigenvalue weighted by Crippen LogP contribution is 2.15. The summed E-state index contributed by atoms with van der Waals surface area (Å²) in [5.74, 6) is -0.802. The molecular weight excluding hydrogens is 409 g/mol. The van der Waals surface area contributed by atoms with Gasteiger partial charge in [-0.1, -0.05) is 0 Å². The van der Waals surface area contributed by atoms with Crippen molar-refractivity contribution < 1.29 is 22.4 Å². The number of benzene rings is 2. The van der Waals surface area contributed by atoms with Crippen LogP contribution in [0.5, 0.6) is 0 Å². The molecule has 1 saturated heterocycles. The minimum atomic E-state index is -3.27. The number of nitrogens with one attached hydrogen (secondary N) is 2. The van der Waals surface area contributed by atoms with Crippen molar-refractivity contribution in [1.82, 2.24) is 10.2 Å². The topological polar surface area (TPSA) is 95.6 Å². The van der Waals surface area contributed by atoms with Gasteiger partial charge in [0.2, 0.25) is 5.91 Å². The van der Waals surface area contributed by atoms with Crippen molar-refractivity contribution in [1.29, 1.82) is 0 Å². The molecule has 0 radical (unpaired) electrons. The number of carbonyl (C=O) groups is 2. The molecule has 2 aromatic carbocycles. The fraction of sp³-hybridized carbons (Fsp3) is 0.333. The molecule has 0 unspecified atom stereocenters. The van der Waals surface area contributed by atoms with Gasteiger partial charge in [0, 0.05) is 36.6 Å². The smallest absolute Gasteiger partial charge is 0.251 e. The average Bonchev–Trinajstić information content (AvgIpc) is 2.69. The van der Waals surface area contributed by atoms with Crippen molar-refractivity contribution in [3.63, 3.8) is 0 Å². The van der Waals surface area contributed by atoms with Gasteiger partial charge in [0.25, 0.3) is 5.91 Å². The molecule has 0 atom stereocenters. The third-order valence-corrected chi connectivity index (χ3v) is 6.09. The molecular formula is C21H24FN3O4S. The van der Waals surface area contributed by atoms with E-state index in [0.29, 0.717) is 37.2 Å². The Balaban J connectivity index is 1.43. The first-order valence-corrected chi connectivity index (χ1v) is 11.5. The molecule has 9 heteroatoms. The number of hydrogen-bond donors (Lipinski definition) is 2. The molecule has 2 aromatic rings. The van der Waals surface area contributed by atoms with Crippen molar-refractivity contribution in [2.45, 2.75) is 23.8 Å². The van der Waals surface area contributed by atoms with Gasteiger partial charge in [-0.2, -0.15) is 0 Å². The molecule has 0 aliphatic carbocycles. The highest BCUT2D eigenvalue weighted by molar-refractivity contribution is 7.90. The number of likely N-dealkylation sites (tertiary alicyclic amines) is 1. The fourth-order valence-corrected chi connectivity index (χ4v) is 3.92. The van der Waals surface area contributed by atoms with Crippen LogP contribution in [0.1, 0.15) is 23.2 Å². The maximum Gasteiger partial charge on any atom is 0.251 e. The van der Waals surface area contributed by atoms with Crippen LogP contribution in [0.3, 0.4) is 0 Å². The van der Waals surface area contributed by atoms with Crippen LogP contribution in [-0.4, -0.2) is 57.1 Å². The van der Waals surface area contributed by atoms with Crippen molar-refractivity contribution in [2.75, 3.05) is 31.2 Å². The van der Waals surface area contributed by atoms with E-state index in [0.717, 1.165) is 6.26 Å². The van der Waals surface area contributed by atoms with E-state index in [1.807, 2.05) is 4.90 Å². The molecule has 160 valence electrons. The molecule has 1 heterocycles. The summed E-state index contributed by atoms with van der Waals surface area (Å²) in [5, 5.41) is 5.71. The molecule has 2 N–H and O–H groups in total. The van der Waals surface area contributed by atoms with Gasteiger partial charge in [0.1, 0.15) is 5.82 Å². The van der Waals surface area contributed by atoms with Gasteiger partial charge in [-0.3, -0.25) is 14.5 Å². The van der Waals surface area contributed by atoms with E-state index in [2.05, 4.69) is 10.6 Å². The predicted octanol–water partition coefficient (Wildman–Crippen LogP) is 2.06. The zero-order chi connectivity index (χ0) is 21.7. The second kappa shape index (κ2) is 9.36. The monoisotopic (exact) mass is 433 g/mol. The van der Waals surface area contributed by atoms with Crippen molar-refractivity contribution in [2.24, 2.45) is 0 Å². The molecule has 7 nitrogen and oxygen atoms in total. The first-order valence-electron chi connectivity index (χ1n) is 9.59. The molecule has 0 spiro atoms. The average molecular weight is 434 g/mol. The van der Waals surface area contributed by atoms with Crippen molar-refractivity contribution in [3.8, 4) is 0 Å². The van der Waals surface area contributed by atoms with Gasteiger partial charge in [0.05, 0.1) is 11.4 Å². The molecule has 1 aliphatic heterocycles. The zero-order valence-electron chi connectivity index (χ0n) is 16.6. The Morgan fingerprint density at radius 3 is 2.20 bits per heavy atom. The third-order valence-electron chi connectivity index (χ3n) is 4.96. The summed E-state index contributed by atoms with van der Waals surface area (Å²) in [4.78, 5) is 26.7. The standard InChI is InChI=1S/C21H24FN3O4S/c1-30(28,29)19-8-6-17(7-9-19)23-20(26)14-25-12-10-18(11-13-25)24-21(27)15-2-4-16(22)5-3-15/h2-9,18H,10-14H2,1H3,(H,23,26)(H,24,27). The Bertz CT molecular complexity index is 1000. The lowest BCUT2D eigenvalue weighted by Crippen LogP contribution is -2.46. The number of piperidine rings is 1. The maximum absolute atomic E-state index is 13.0. The van der Waals surface area contributed by atoms with Crippen LogP contribution < -0.4 is 10.6 Å². The highest BCUT2D eigenvalue weighted by atomic mass is 32.2. The van der Waals surface area contributed by atoms with E-state index in [1.165, 1.54) is 36.4 Å². The number of amides is 2. The van der Waals surface area contributed by atoms with E-state index in [4.69, 9.17) is 0 Å². The fourth-order valence-electron chi connectivity index (χ4n) is 3.29. The first-order chi connectivity index (χ1) is 14.2. The molecule has 30 heavy (non-hydrogen) atoms. The van der Waals surface area contributed by atoms with Crippen LogP contribution in [-0.2, 0) is 14.6 Å². The Labute approximate surface area is 175 Å². The van der Waals surface area contributed by atoms with Crippen molar-refractivity contribution in [3.05, 3.63) is 59.9 Å². The number of rotatable bonds is 6. The summed E-state index contributed by atoms with van der Waals surface area (Å²) < 4.78 is 35.9.